The molecule has 2 aromatic carbocycles. The molecule has 0 fully saturated rings. The number of tetrazole rings is 1. The van der Waals surface area contributed by atoms with Crippen molar-refractivity contribution in [3.8, 4) is 11.4 Å². The predicted octanol–water partition coefficient (Wildman–Crippen LogP) is 2.23. The summed E-state index contributed by atoms with van der Waals surface area (Å²) >= 11 is 0. The highest BCUT2D eigenvalue weighted by molar-refractivity contribution is 5.95. The largest absolute Gasteiger partial charge is 0.496 e. The van der Waals surface area contributed by atoms with Crippen molar-refractivity contribution in [3.05, 3.63) is 65.5 Å². The van der Waals surface area contributed by atoms with Gasteiger partial charge in [-0.15, -0.1) is 5.10 Å². The van der Waals surface area contributed by atoms with Gasteiger partial charge in [0.2, 0.25) is 0 Å². The number of hydrogen-bond donors (Lipinski definition) is 0. The summed E-state index contributed by atoms with van der Waals surface area (Å²) < 4.78 is 12.1. The minimum atomic E-state index is -0.536. The van der Waals surface area contributed by atoms with Gasteiger partial charge >= 0.3 is 5.97 Å². The number of carbonyl (C=O) groups excluding carboxylic acids is 2. The standard InChI is InChI=1S/C18H16N4O4/c1-12(23)13-7-8-17(25-2)14(9-13)10-26-18(24)15-5-3-4-6-16(15)22-11-19-20-21-22/h3-9,11H,10H2,1-2H3. The highest BCUT2D eigenvalue weighted by atomic mass is 16.5. The molecule has 0 N–H and O–H groups in total. The van der Waals surface area contributed by atoms with Crippen LogP contribution in [0.2, 0.25) is 0 Å². The molecule has 0 unspecified atom stereocenters. The second-order valence-corrected chi connectivity index (χ2v) is 5.43. The topological polar surface area (TPSA) is 96.2 Å². The van der Waals surface area contributed by atoms with Gasteiger partial charge in [-0.2, -0.15) is 4.68 Å². The Hall–Kier alpha value is -3.55. The molecule has 0 aliphatic rings. The summed E-state index contributed by atoms with van der Waals surface area (Å²) in [5.41, 5.74) is 1.95. The van der Waals surface area contributed by atoms with Crippen molar-refractivity contribution in [2.24, 2.45) is 0 Å². The number of aromatic nitrogens is 4. The summed E-state index contributed by atoms with van der Waals surface area (Å²) in [4.78, 5) is 24.1. The summed E-state index contributed by atoms with van der Waals surface area (Å²) in [5, 5.41) is 10.9. The fraction of sp³-hybridized carbons (Fsp3) is 0.167. The maximum Gasteiger partial charge on any atom is 0.340 e. The number of para-hydroxylation sites is 1. The third-order valence-electron chi connectivity index (χ3n) is 3.77. The molecular weight excluding hydrogens is 336 g/mol. The van der Waals surface area contributed by atoms with Gasteiger partial charge in [0.25, 0.3) is 0 Å². The molecule has 132 valence electrons. The van der Waals surface area contributed by atoms with E-state index in [1.165, 1.54) is 25.0 Å². The van der Waals surface area contributed by atoms with E-state index in [2.05, 4.69) is 15.5 Å². The van der Waals surface area contributed by atoms with Crippen LogP contribution in [-0.2, 0) is 11.3 Å². The fourth-order valence-corrected chi connectivity index (χ4v) is 2.45. The maximum absolute atomic E-state index is 12.5. The van der Waals surface area contributed by atoms with E-state index in [4.69, 9.17) is 9.47 Å². The van der Waals surface area contributed by atoms with Crippen LogP contribution in [0.25, 0.3) is 5.69 Å². The monoisotopic (exact) mass is 352 g/mol. The normalized spacial score (nSPS) is 10.4. The number of rotatable bonds is 6. The van der Waals surface area contributed by atoms with Crippen molar-refractivity contribution in [1.82, 2.24) is 20.2 Å². The lowest BCUT2D eigenvalue weighted by Gasteiger charge is -2.12. The van der Waals surface area contributed by atoms with Crippen molar-refractivity contribution in [1.29, 1.82) is 0 Å². The molecule has 26 heavy (non-hydrogen) atoms. The molecule has 8 heteroatoms. The molecular formula is C18H16N4O4. The molecule has 0 radical (unpaired) electrons. The quantitative estimate of drug-likeness (QED) is 0.496. The molecule has 0 aliphatic carbocycles. The molecule has 0 amide bonds. The van der Waals surface area contributed by atoms with Gasteiger partial charge in [-0.1, -0.05) is 12.1 Å². The van der Waals surface area contributed by atoms with Crippen LogP contribution in [0.4, 0.5) is 0 Å². The van der Waals surface area contributed by atoms with Crippen molar-refractivity contribution < 1.29 is 19.1 Å². The van der Waals surface area contributed by atoms with Crippen LogP contribution < -0.4 is 4.74 Å². The highest BCUT2D eigenvalue weighted by Crippen LogP contribution is 2.22. The molecule has 8 nitrogen and oxygen atoms in total. The zero-order valence-corrected chi connectivity index (χ0v) is 14.2. The first-order chi connectivity index (χ1) is 12.6. The summed E-state index contributed by atoms with van der Waals surface area (Å²) in [6.07, 6.45) is 1.39. The molecule has 1 heterocycles. The first kappa shape index (κ1) is 17.3. The first-order valence-electron chi connectivity index (χ1n) is 7.77. The molecule has 0 saturated heterocycles. The van der Waals surface area contributed by atoms with Crippen LogP contribution >= 0.6 is 0 Å². The van der Waals surface area contributed by atoms with Crippen molar-refractivity contribution in [2.45, 2.75) is 13.5 Å². The lowest BCUT2D eigenvalue weighted by Crippen LogP contribution is -2.11. The Kier molecular flexibility index (Phi) is 5.02. The molecule has 1 aromatic heterocycles. The van der Waals surface area contributed by atoms with Crippen LogP contribution in [0.1, 0.15) is 33.2 Å². The molecule has 0 atom stereocenters. The molecule has 3 aromatic rings. The number of ketones is 1. The van der Waals surface area contributed by atoms with Gasteiger partial charge in [0.05, 0.1) is 18.4 Å². The lowest BCUT2D eigenvalue weighted by atomic mass is 10.1. The minimum Gasteiger partial charge on any atom is -0.496 e. The van der Waals surface area contributed by atoms with Crippen LogP contribution in [0, 0.1) is 0 Å². The van der Waals surface area contributed by atoms with E-state index in [0.29, 0.717) is 28.1 Å². The summed E-state index contributed by atoms with van der Waals surface area (Å²) in [6, 6.07) is 11.8. The zero-order valence-electron chi connectivity index (χ0n) is 14.2. The van der Waals surface area contributed by atoms with Crippen molar-refractivity contribution >= 4 is 11.8 Å². The Morgan fingerprint density at radius 3 is 2.65 bits per heavy atom. The third kappa shape index (κ3) is 3.59. The van der Waals surface area contributed by atoms with E-state index in [0.717, 1.165) is 0 Å². The SMILES string of the molecule is COc1ccc(C(C)=O)cc1COC(=O)c1ccccc1-n1cnnn1. The fourth-order valence-electron chi connectivity index (χ4n) is 2.45. The predicted molar refractivity (Wildman–Crippen MR) is 91.3 cm³/mol. The molecule has 3 rings (SSSR count). The van der Waals surface area contributed by atoms with Crippen LogP contribution in [0.15, 0.2) is 48.8 Å². The Labute approximate surface area is 149 Å². The van der Waals surface area contributed by atoms with Gasteiger partial charge in [0.1, 0.15) is 18.7 Å². The number of esters is 1. The molecule has 0 aliphatic heterocycles. The Morgan fingerprint density at radius 1 is 1.15 bits per heavy atom. The van der Waals surface area contributed by atoms with E-state index in [1.807, 2.05) is 0 Å². The second kappa shape index (κ2) is 7.56. The van der Waals surface area contributed by atoms with E-state index < -0.39 is 5.97 Å². The molecule has 0 bridgehead atoms. The van der Waals surface area contributed by atoms with Crippen LogP contribution in [-0.4, -0.2) is 39.1 Å². The maximum atomic E-state index is 12.5. The minimum absolute atomic E-state index is 0.0347. The molecule has 0 spiro atoms. The number of nitrogens with zero attached hydrogens (tertiary/aromatic N) is 4. The smallest absolute Gasteiger partial charge is 0.340 e. The average Bonchev–Trinajstić information content (AvgIpc) is 3.20. The Balaban J connectivity index is 1.82. The summed E-state index contributed by atoms with van der Waals surface area (Å²) in [6.45, 7) is 1.44. The molecule has 0 saturated carbocycles. The highest BCUT2D eigenvalue weighted by Gasteiger charge is 2.16. The lowest BCUT2D eigenvalue weighted by molar-refractivity contribution is 0.0470. The van der Waals surface area contributed by atoms with Gasteiger partial charge in [-0.3, -0.25) is 4.79 Å². The van der Waals surface area contributed by atoms with Gasteiger partial charge < -0.3 is 9.47 Å². The number of ether oxygens (including phenoxy) is 2. The second-order valence-electron chi connectivity index (χ2n) is 5.43. The van der Waals surface area contributed by atoms with Gasteiger partial charge in [-0.25, -0.2) is 4.79 Å². The first-order valence-corrected chi connectivity index (χ1v) is 7.77. The zero-order chi connectivity index (χ0) is 18.5. The van der Waals surface area contributed by atoms with E-state index in [-0.39, 0.29) is 12.4 Å². The van der Waals surface area contributed by atoms with Gasteiger partial charge in [0, 0.05) is 11.1 Å². The van der Waals surface area contributed by atoms with Gasteiger partial charge in [-0.05, 0) is 47.7 Å². The summed E-state index contributed by atoms with van der Waals surface area (Å²) in [5.74, 6) is -0.0767. The number of Topliss-reactive ketones (excluding diaryl/α,β-unsaturated/α-hetero) is 1. The van der Waals surface area contributed by atoms with E-state index in [1.54, 1.807) is 42.5 Å². The average molecular weight is 352 g/mol. The van der Waals surface area contributed by atoms with E-state index >= 15 is 0 Å². The number of methoxy groups -OCH3 is 1. The number of hydrogen-bond acceptors (Lipinski definition) is 7. The Morgan fingerprint density at radius 2 is 1.96 bits per heavy atom. The van der Waals surface area contributed by atoms with Crippen LogP contribution in [0.3, 0.4) is 0 Å². The van der Waals surface area contributed by atoms with Gasteiger partial charge in [0.15, 0.2) is 5.78 Å². The third-order valence-corrected chi connectivity index (χ3v) is 3.77. The van der Waals surface area contributed by atoms with Crippen LogP contribution in [0.5, 0.6) is 5.75 Å². The van der Waals surface area contributed by atoms with Crippen molar-refractivity contribution in [2.75, 3.05) is 7.11 Å². The van der Waals surface area contributed by atoms with Crippen molar-refractivity contribution in [3.63, 3.8) is 0 Å². The number of carbonyl (C=O) groups is 2. The number of benzene rings is 2. The summed E-state index contributed by atoms with van der Waals surface area (Å²) in [7, 11) is 1.51. The Bertz CT molecular complexity index is 938. The van der Waals surface area contributed by atoms with E-state index in [9.17, 15) is 9.59 Å².